The average Bonchev–Trinajstić information content (AvgIpc) is 2.64. The second-order valence-corrected chi connectivity index (χ2v) is 4.51. The molecule has 14 heavy (non-hydrogen) atoms. The summed E-state index contributed by atoms with van der Waals surface area (Å²) in [4.78, 5) is 4.32. The van der Waals surface area contributed by atoms with Crippen LogP contribution in [0.15, 0.2) is 16.7 Å². The Labute approximate surface area is 92.2 Å². The molecule has 1 heterocycles. The summed E-state index contributed by atoms with van der Waals surface area (Å²) in [5.41, 5.74) is 6.54. The Kier molecular flexibility index (Phi) is 2.91. The van der Waals surface area contributed by atoms with E-state index in [1.54, 1.807) is 0 Å². The van der Waals surface area contributed by atoms with Crippen LogP contribution in [0, 0.1) is 0 Å². The van der Waals surface area contributed by atoms with Crippen molar-refractivity contribution in [3.63, 3.8) is 0 Å². The van der Waals surface area contributed by atoms with Gasteiger partial charge in [-0.25, -0.2) is 4.98 Å². The van der Waals surface area contributed by atoms with E-state index in [0.29, 0.717) is 6.04 Å². The fourth-order valence-corrected chi connectivity index (χ4v) is 2.13. The fraction of sp³-hybridized carbons (Fsp3) is 0.500. The van der Waals surface area contributed by atoms with Crippen LogP contribution in [-0.2, 0) is 0 Å². The number of nitrogen functional groups attached to an aromatic ring is 1. The molecule has 2 rings (SSSR count). The number of hydrogen-bond acceptors (Lipinski definition) is 3. The van der Waals surface area contributed by atoms with E-state index >= 15 is 0 Å². The minimum atomic E-state index is 0.555. The summed E-state index contributed by atoms with van der Waals surface area (Å²) in [5.74, 6) is 0.811. The average molecular weight is 256 g/mol. The van der Waals surface area contributed by atoms with Crippen LogP contribution in [-0.4, -0.2) is 11.0 Å². The van der Waals surface area contributed by atoms with Crippen molar-refractivity contribution in [3.05, 3.63) is 16.7 Å². The molecule has 0 radical (unpaired) electrons. The van der Waals surface area contributed by atoms with Gasteiger partial charge in [0.15, 0.2) is 5.82 Å². The number of rotatable bonds is 2. The van der Waals surface area contributed by atoms with Crippen molar-refractivity contribution < 1.29 is 0 Å². The Bertz CT molecular complexity index is 321. The highest BCUT2D eigenvalue weighted by Crippen LogP contribution is 2.25. The summed E-state index contributed by atoms with van der Waals surface area (Å²) < 4.78 is 0.826. The zero-order chi connectivity index (χ0) is 9.97. The van der Waals surface area contributed by atoms with Crippen LogP contribution >= 0.6 is 15.9 Å². The maximum atomic E-state index is 5.82. The lowest BCUT2D eigenvalue weighted by Crippen LogP contribution is -2.16. The molecule has 3 N–H and O–H groups in total. The monoisotopic (exact) mass is 255 g/mol. The van der Waals surface area contributed by atoms with Gasteiger partial charge >= 0.3 is 0 Å². The molecule has 0 aromatic carbocycles. The Balaban J connectivity index is 2.10. The van der Waals surface area contributed by atoms with Crippen LogP contribution < -0.4 is 11.1 Å². The summed E-state index contributed by atoms with van der Waals surface area (Å²) in [6.45, 7) is 0. The quantitative estimate of drug-likeness (QED) is 0.800. The number of halogens is 1. The lowest BCUT2D eigenvalue weighted by Gasteiger charge is -2.14. The van der Waals surface area contributed by atoms with E-state index in [1.165, 1.54) is 25.7 Å². The summed E-state index contributed by atoms with van der Waals surface area (Å²) >= 11 is 3.34. The standard InChI is InChI=1S/C10H14BrN3/c11-9-6-5-8(12)10(14-9)13-7-3-1-2-4-7/h5-7H,1-4,12H2,(H,13,14). The number of anilines is 2. The van der Waals surface area contributed by atoms with E-state index in [-0.39, 0.29) is 0 Å². The zero-order valence-electron chi connectivity index (χ0n) is 7.96. The van der Waals surface area contributed by atoms with Crippen molar-refractivity contribution in [2.45, 2.75) is 31.7 Å². The number of aromatic nitrogens is 1. The van der Waals surface area contributed by atoms with Gasteiger partial charge in [0.1, 0.15) is 4.60 Å². The van der Waals surface area contributed by atoms with Gasteiger partial charge in [-0.05, 0) is 40.9 Å². The molecule has 0 bridgehead atoms. The maximum absolute atomic E-state index is 5.82. The normalized spacial score (nSPS) is 17.2. The SMILES string of the molecule is Nc1ccc(Br)nc1NC1CCCC1. The van der Waals surface area contributed by atoms with Crippen LogP contribution in [0.25, 0.3) is 0 Å². The molecular weight excluding hydrogens is 242 g/mol. The summed E-state index contributed by atoms with van der Waals surface area (Å²) in [7, 11) is 0. The number of nitrogens with one attached hydrogen (secondary N) is 1. The van der Waals surface area contributed by atoms with E-state index in [1.807, 2.05) is 12.1 Å². The summed E-state index contributed by atoms with van der Waals surface area (Å²) in [5, 5.41) is 3.38. The molecule has 1 aliphatic carbocycles. The molecule has 0 amide bonds. The second kappa shape index (κ2) is 4.17. The highest BCUT2D eigenvalue weighted by Gasteiger charge is 2.15. The molecule has 0 saturated heterocycles. The van der Waals surface area contributed by atoms with Crippen LogP contribution in [0.5, 0.6) is 0 Å². The topological polar surface area (TPSA) is 50.9 Å². The van der Waals surface area contributed by atoms with E-state index in [2.05, 4.69) is 26.2 Å². The molecule has 3 nitrogen and oxygen atoms in total. The van der Waals surface area contributed by atoms with Crippen molar-refractivity contribution in [3.8, 4) is 0 Å². The first-order valence-electron chi connectivity index (χ1n) is 4.94. The molecule has 0 aliphatic heterocycles. The first kappa shape index (κ1) is 9.77. The van der Waals surface area contributed by atoms with Crippen LogP contribution in [0.3, 0.4) is 0 Å². The zero-order valence-corrected chi connectivity index (χ0v) is 9.55. The van der Waals surface area contributed by atoms with Crippen molar-refractivity contribution in [2.75, 3.05) is 11.1 Å². The predicted octanol–water partition coefficient (Wildman–Crippen LogP) is 2.78. The van der Waals surface area contributed by atoms with E-state index in [4.69, 9.17) is 5.73 Å². The third kappa shape index (κ3) is 2.18. The second-order valence-electron chi connectivity index (χ2n) is 3.70. The minimum Gasteiger partial charge on any atom is -0.396 e. The molecule has 1 aliphatic rings. The number of pyridine rings is 1. The molecule has 0 spiro atoms. The number of hydrogen-bond donors (Lipinski definition) is 2. The van der Waals surface area contributed by atoms with Gasteiger partial charge in [-0.15, -0.1) is 0 Å². The lowest BCUT2D eigenvalue weighted by molar-refractivity contribution is 0.750. The molecule has 0 atom stereocenters. The van der Waals surface area contributed by atoms with Crippen LogP contribution in [0.2, 0.25) is 0 Å². The third-order valence-electron chi connectivity index (χ3n) is 2.59. The van der Waals surface area contributed by atoms with Crippen LogP contribution in [0.4, 0.5) is 11.5 Å². The molecule has 0 unspecified atom stereocenters. The third-order valence-corrected chi connectivity index (χ3v) is 3.03. The Morgan fingerprint density at radius 3 is 2.79 bits per heavy atom. The van der Waals surface area contributed by atoms with Gasteiger partial charge in [0.05, 0.1) is 5.69 Å². The smallest absolute Gasteiger partial charge is 0.150 e. The van der Waals surface area contributed by atoms with E-state index in [9.17, 15) is 0 Å². The molecule has 1 aromatic rings. The number of nitrogens with two attached hydrogens (primary N) is 1. The summed E-state index contributed by atoms with van der Waals surface area (Å²) in [6.07, 6.45) is 5.08. The van der Waals surface area contributed by atoms with Gasteiger partial charge in [0, 0.05) is 6.04 Å². The Morgan fingerprint density at radius 2 is 2.07 bits per heavy atom. The van der Waals surface area contributed by atoms with E-state index in [0.717, 1.165) is 16.1 Å². The van der Waals surface area contributed by atoms with Gasteiger partial charge in [-0.3, -0.25) is 0 Å². The molecular formula is C10H14BrN3. The Hall–Kier alpha value is -0.770. The lowest BCUT2D eigenvalue weighted by atomic mass is 10.2. The molecule has 76 valence electrons. The van der Waals surface area contributed by atoms with Gasteiger partial charge in [0.25, 0.3) is 0 Å². The largest absolute Gasteiger partial charge is 0.396 e. The highest BCUT2D eigenvalue weighted by molar-refractivity contribution is 9.10. The van der Waals surface area contributed by atoms with Crippen molar-refractivity contribution in [1.29, 1.82) is 0 Å². The minimum absolute atomic E-state index is 0.555. The first-order valence-corrected chi connectivity index (χ1v) is 5.73. The number of nitrogens with zero attached hydrogens (tertiary/aromatic N) is 1. The Morgan fingerprint density at radius 1 is 1.36 bits per heavy atom. The molecule has 1 fully saturated rings. The van der Waals surface area contributed by atoms with Crippen molar-refractivity contribution in [2.24, 2.45) is 0 Å². The first-order chi connectivity index (χ1) is 6.75. The van der Waals surface area contributed by atoms with Gasteiger partial charge in [-0.2, -0.15) is 0 Å². The fourth-order valence-electron chi connectivity index (χ4n) is 1.83. The van der Waals surface area contributed by atoms with Crippen molar-refractivity contribution >= 4 is 27.4 Å². The maximum Gasteiger partial charge on any atom is 0.150 e. The van der Waals surface area contributed by atoms with Crippen LogP contribution in [0.1, 0.15) is 25.7 Å². The van der Waals surface area contributed by atoms with Gasteiger partial charge in [-0.1, -0.05) is 12.8 Å². The van der Waals surface area contributed by atoms with Gasteiger partial charge < -0.3 is 11.1 Å². The predicted molar refractivity (Wildman–Crippen MR) is 62.2 cm³/mol. The molecule has 4 heteroatoms. The highest BCUT2D eigenvalue weighted by atomic mass is 79.9. The van der Waals surface area contributed by atoms with Gasteiger partial charge in [0.2, 0.25) is 0 Å². The molecule has 1 aromatic heterocycles. The van der Waals surface area contributed by atoms with E-state index < -0.39 is 0 Å². The van der Waals surface area contributed by atoms with Crippen molar-refractivity contribution in [1.82, 2.24) is 4.98 Å². The molecule has 1 saturated carbocycles. The summed E-state index contributed by atoms with van der Waals surface area (Å²) in [6, 6.07) is 4.28.